The molecule has 0 bridgehead atoms. The second kappa shape index (κ2) is 10.1. The van der Waals surface area contributed by atoms with Crippen LogP contribution >= 0.6 is 0 Å². The Bertz CT molecular complexity index is 679. The Labute approximate surface area is 179 Å². The Morgan fingerprint density at radius 2 is 1.70 bits per heavy atom. The maximum atomic E-state index is 13.1. The maximum absolute atomic E-state index is 13.1. The van der Waals surface area contributed by atoms with E-state index in [1.165, 1.54) is 49.1 Å². The molecular formula is C23H37FN4O2+2. The van der Waals surface area contributed by atoms with E-state index < -0.39 is 0 Å². The Morgan fingerprint density at radius 1 is 1.03 bits per heavy atom. The monoisotopic (exact) mass is 420 g/mol. The number of piperazine rings is 1. The molecule has 6 nitrogen and oxygen atoms in total. The van der Waals surface area contributed by atoms with Crippen molar-refractivity contribution in [1.82, 2.24) is 5.32 Å². The van der Waals surface area contributed by atoms with Gasteiger partial charge >= 0.3 is 0 Å². The van der Waals surface area contributed by atoms with E-state index in [4.69, 9.17) is 4.74 Å². The van der Waals surface area contributed by atoms with E-state index in [1.807, 2.05) is 12.1 Å². The number of carbonyl (C=O) groups is 1. The highest BCUT2D eigenvalue weighted by atomic mass is 19.1. The van der Waals surface area contributed by atoms with Crippen LogP contribution in [0.5, 0.6) is 0 Å². The zero-order valence-electron chi connectivity index (χ0n) is 18.1. The quantitative estimate of drug-likeness (QED) is 0.569. The molecule has 1 saturated carbocycles. The van der Waals surface area contributed by atoms with E-state index in [-0.39, 0.29) is 17.3 Å². The number of rotatable bonds is 6. The third kappa shape index (κ3) is 5.31. The average molecular weight is 421 g/mol. The summed E-state index contributed by atoms with van der Waals surface area (Å²) in [5, 5.41) is 3.31. The van der Waals surface area contributed by atoms with Gasteiger partial charge < -0.3 is 24.8 Å². The van der Waals surface area contributed by atoms with Gasteiger partial charge in [0.1, 0.15) is 24.4 Å². The van der Waals surface area contributed by atoms with Crippen molar-refractivity contribution in [3.05, 3.63) is 30.1 Å². The molecule has 3 N–H and O–H groups in total. The third-order valence-electron chi connectivity index (χ3n) is 7.35. The second-order valence-corrected chi connectivity index (χ2v) is 9.22. The van der Waals surface area contributed by atoms with Gasteiger partial charge in [0.2, 0.25) is 0 Å². The first kappa shape index (κ1) is 21.5. The van der Waals surface area contributed by atoms with Gasteiger partial charge in [-0.2, -0.15) is 0 Å². The summed E-state index contributed by atoms with van der Waals surface area (Å²) >= 11 is 0. The molecule has 4 rings (SSSR count). The van der Waals surface area contributed by atoms with Crippen molar-refractivity contribution in [3.63, 3.8) is 0 Å². The van der Waals surface area contributed by atoms with E-state index in [9.17, 15) is 9.18 Å². The minimum Gasteiger partial charge on any atom is -0.370 e. The largest absolute Gasteiger partial charge is 0.370 e. The number of nitrogens with zero attached hydrogens (tertiary/aromatic N) is 1. The van der Waals surface area contributed by atoms with Crippen molar-refractivity contribution in [2.24, 2.45) is 0 Å². The Hall–Kier alpha value is -1.70. The number of benzene rings is 1. The highest BCUT2D eigenvalue weighted by Gasteiger charge is 2.42. The van der Waals surface area contributed by atoms with Crippen molar-refractivity contribution >= 4 is 11.6 Å². The number of quaternary nitrogens is 2. The van der Waals surface area contributed by atoms with E-state index in [0.29, 0.717) is 6.54 Å². The molecule has 0 radical (unpaired) electrons. The molecule has 0 unspecified atom stereocenters. The second-order valence-electron chi connectivity index (χ2n) is 9.22. The minimum absolute atomic E-state index is 0.179. The van der Waals surface area contributed by atoms with E-state index in [1.54, 1.807) is 4.90 Å². The molecule has 0 atom stereocenters. The fourth-order valence-corrected chi connectivity index (χ4v) is 5.50. The average Bonchev–Trinajstić information content (AvgIpc) is 2.80. The SMILES string of the molecule is O=C(C[NH+]1CCN(c2ccc(F)cc2)CC1)NCC1([NH+]2CCOCC2)CCCCC1. The van der Waals surface area contributed by atoms with Crippen LogP contribution < -0.4 is 20.0 Å². The number of hydrogen-bond donors (Lipinski definition) is 3. The molecule has 2 aliphatic heterocycles. The lowest BCUT2D eigenvalue weighted by molar-refractivity contribution is -0.960. The first-order valence-electron chi connectivity index (χ1n) is 11.7. The van der Waals surface area contributed by atoms with E-state index in [2.05, 4.69) is 10.2 Å². The predicted molar refractivity (Wildman–Crippen MR) is 115 cm³/mol. The number of nitrogens with one attached hydrogen (secondary N) is 3. The molecule has 3 fully saturated rings. The van der Waals surface area contributed by atoms with Crippen molar-refractivity contribution in [2.45, 2.75) is 37.6 Å². The number of halogens is 1. The van der Waals surface area contributed by atoms with Crippen LogP contribution in [0.1, 0.15) is 32.1 Å². The number of carbonyl (C=O) groups excluding carboxylic acids is 1. The first-order valence-corrected chi connectivity index (χ1v) is 11.7. The maximum Gasteiger partial charge on any atom is 0.275 e. The summed E-state index contributed by atoms with van der Waals surface area (Å²) in [5.74, 6) is -0.0211. The zero-order chi connectivity index (χ0) is 20.8. The summed E-state index contributed by atoms with van der Waals surface area (Å²) in [6, 6.07) is 6.70. The van der Waals surface area contributed by atoms with Crippen LogP contribution in [0.15, 0.2) is 24.3 Å². The van der Waals surface area contributed by atoms with Crippen LogP contribution in [0.25, 0.3) is 0 Å². The van der Waals surface area contributed by atoms with Crippen molar-refractivity contribution < 1.29 is 23.7 Å². The fraction of sp³-hybridized carbons (Fsp3) is 0.696. The van der Waals surface area contributed by atoms with Crippen LogP contribution in [0, 0.1) is 5.82 Å². The van der Waals surface area contributed by atoms with Crippen LogP contribution in [0.2, 0.25) is 0 Å². The summed E-state index contributed by atoms with van der Waals surface area (Å²) in [6.07, 6.45) is 6.30. The van der Waals surface area contributed by atoms with Gasteiger partial charge in [0.15, 0.2) is 6.54 Å². The molecule has 1 aromatic rings. The highest BCUT2D eigenvalue weighted by molar-refractivity contribution is 5.76. The van der Waals surface area contributed by atoms with Crippen molar-refractivity contribution in [2.75, 3.05) is 70.5 Å². The molecular weight excluding hydrogens is 383 g/mol. The van der Waals surface area contributed by atoms with Gasteiger partial charge in [0.25, 0.3) is 5.91 Å². The van der Waals surface area contributed by atoms with Crippen LogP contribution in [0.3, 0.4) is 0 Å². The third-order valence-corrected chi connectivity index (χ3v) is 7.35. The van der Waals surface area contributed by atoms with Gasteiger partial charge in [-0.1, -0.05) is 6.42 Å². The standard InChI is InChI=1S/C23H35FN4O2/c24-20-4-6-21(7-5-20)27-12-10-26(11-13-27)18-22(29)25-19-23(8-2-1-3-9-23)28-14-16-30-17-15-28/h4-7H,1-3,8-19H2,(H,25,29)/p+2. The Balaban J connectivity index is 1.24. The van der Waals surface area contributed by atoms with Gasteiger partial charge in [-0.25, -0.2) is 4.39 Å². The predicted octanol–water partition coefficient (Wildman–Crippen LogP) is -0.735. The molecule has 2 heterocycles. The molecule has 2 saturated heterocycles. The lowest BCUT2D eigenvalue weighted by Gasteiger charge is -2.45. The zero-order valence-corrected chi connectivity index (χ0v) is 18.1. The number of anilines is 1. The van der Waals surface area contributed by atoms with Gasteiger partial charge in [-0.15, -0.1) is 0 Å². The molecule has 0 spiro atoms. The lowest BCUT2D eigenvalue weighted by atomic mass is 9.79. The van der Waals surface area contributed by atoms with Crippen LogP contribution in [0.4, 0.5) is 10.1 Å². The van der Waals surface area contributed by atoms with Crippen LogP contribution in [-0.2, 0) is 9.53 Å². The van der Waals surface area contributed by atoms with Crippen molar-refractivity contribution in [1.29, 1.82) is 0 Å². The van der Waals surface area contributed by atoms with Gasteiger partial charge in [-0.05, 0) is 37.1 Å². The molecule has 1 aliphatic carbocycles. The normalized spacial score (nSPS) is 23.3. The van der Waals surface area contributed by atoms with E-state index >= 15 is 0 Å². The lowest BCUT2D eigenvalue weighted by Crippen LogP contribution is -3.23. The molecule has 1 aromatic carbocycles. The number of morpholine rings is 1. The first-order chi connectivity index (χ1) is 14.6. The fourth-order valence-electron chi connectivity index (χ4n) is 5.50. The summed E-state index contributed by atoms with van der Waals surface area (Å²) in [4.78, 5) is 18.0. The molecule has 1 amide bonds. The molecule has 0 aromatic heterocycles. The summed E-state index contributed by atoms with van der Waals surface area (Å²) < 4.78 is 18.7. The number of amides is 1. The minimum atomic E-state index is -0.200. The number of hydrogen-bond acceptors (Lipinski definition) is 3. The molecule has 166 valence electrons. The van der Waals surface area contributed by atoms with Gasteiger partial charge in [0, 0.05) is 18.5 Å². The summed E-state index contributed by atoms with van der Waals surface area (Å²) in [6.45, 7) is 8.82. The Kier molecular flexibility index (Phi) is 7.23. The molecule has 30 heavy (non-hydrogen) atoms. The van der Waals surface area contributed by atoms with Crippen LogP contribution in [-0.4, -0.2) is 77.0 Å². The van der Waals surface area contributed by atoms with Crippen molar-refractivity contribution in [3.8, 4) is 0 Å². The van der Waals surface area contributed by atoms with E-state index in [0.717, 1.165) is 64.7 Å². The van der Waals surface area contributed by atoms with Gasteiger partial charge in [0.05, 0.1) is 45.9 Å². The number of ether oxygens (including phenoxy) is 1. The topological polar surface area (TPSA) is 50.5 Å². The summed E-state index contributed by atoms with van der Waals surface area (Å²) in [7, 11) is 0. The highest BCUT2D eigenvalue weighted by Crippen LogP contribution is 2.25. The smallest absolute Gasteiger partial charge is 0.275 e. The van der Waals surface area contributed by atoms with Gasteiger partial charge in [-0.3, -0.25) is 4.79 Å². The Morgan fingerprint density at radius 3 is 2.37 bits per heavy atom. The molecule has 7 heteroatoms. The molecule has 3 aliphatic rings. The summed E-state index contributed by atoms with van der Waals surface area (Å²) in [5.41, 5.74) is 1.27.